The van der Waals surface area contributed by atoms with Gasteiger partial charge < -0.3 is 4.74 Å². The van der Waals surface area contributed by atoms with Crippen LogP contribution in [0.15, 0.2) is 12.2 Å². The Morgan fingerprint density at radius 1 is 1.38 bits per heavy atom. The van der Waals surface area contributed by atoms with Gasteiger partial charge in [-0.25, -0.2) is 0 Å². The van der Waals surface area contributed by atoms with Crippen molar-refractivity contribution in [1.82, 2.24) is 0 Å². The Kier molecular flexibility index (Phi) is 1.74. The lowest BCUT2D eigenvalue weighted by Crippen LogP contribution is -2.44. The van der Waals surface area contributed by atoms with E-state index in [-0.39, 0.29) is 29.2 Å². The van der Waals surface area contributed by atoms with Gasteiger partial charge in [0.15, 0.2) is 0 Å². The zero-order chi connectivity index (χ0) is 11.6. The van der Waals surface area contributed by atoms with E-state index < -0.39 is 5.41 Å². The van der Waals surface area contributed by atoms with Crippen molar-refractivity contribution >= 4 is 11.9 Å². The van der Waals surface area contributed by atoms with Crippen molar-refractivity contribution in [3.63, 3.8) is 0 Å². The molecular weight excluding hydrogens is 204 g/mol. The first-order valence-corrected chi connectivity index (χ1v) is 6.07. The van der Waals surface area contributed by atoms with E-state index in [1.807, 2.05) is 6.92 Å². The average Bonchev–Trinajstić information content (AvgIpc) is 2.88. The Labute approximate surface area is 94.8 Å². The molecule has 0 radical (unpaired) electrons. The second-order valence-electron chi connectivity index (χ2n) is 5.25. The molecule has 4 unspecified atom stereocenters. The van der Waals surface area contributed by atoms with Crippen LogP contribution in [0.4, 0.5) is 0 Å². The van der Waals surface area contributed by atoms with E-state index in [9.17, 15) is 9.59 Å². The van der Waals surface area contributed by atoms with Gasteiger partial charge in [0.2, 0.25) is 0 Å². The van der Waals surface area contributed by atoms with E-state index >= 15 is 0 Å². The monoisotopic (exact) mass is 220 g/mol. The molecule has 86 valence electrons. The van der Waals surface area contributed by atoms with Gasteiger partial charge in [0.1, 0.15) is 0 Å². The summed E-state index contributed by atoms with van der Waals surface area (Å²) in [5.74, 6) is -0.566. The maximum atomic E-state index is 12.1. The SMILES string of the molecule is CCC12C=CC(C1)C1C(=O)OC(=O)C12CC. The van der Waals surface area contributed by atoms with Crippen molar-refractivity contribution in [1.29, 1.82) is 0 Å². The Balaban J connectivity index is 2.22. The Bertz CT molecular complexity index is 411. The zero-order valence-electron chi connectivity index (χ0n) is 9.66. The number of hydrogen-bond acceptors (Lipinski definition) is 3. The average molecular weight is 220 g/mol. The van der Waals surface area contributed by atoms with Gasteiger partial charge in [-0.1, -0.05) is 26.0 Å². The van der Waals surface area contributed by atoms with E-state index in [0.29, 0.717) is 6.42 Å². The fourth-order valence-corrected chi connectivity index (χ4v) is 4.35. The third kappa shape index (κ3) is 0.761. The van der Waals surface area contributed by atoms with Crippen molar-refractivity contribution in [3.8, 4) is 0 Å². The van der Waals surface area contributed by atoms with Crippen molar-refractivity contribution in [2.45, 2.75) is 33.1 Å². The van der Waals surface area contributed by atoms with E-state index in [2.05, 4.69) is 19.1 Å². The minimum Gasteiger partial charge on any atom is -0.392 e. The van der Waals surface area contributed by atoms with Crippen LogP contribution in [-0.4, -0.2) is 11.9 Å². The summed E-state index contributed by atoms with van der Waals surface area (Å²) in [6.45, 7) is 4.10. The second-order valence-corrected chi connectivity index (χ2v) is 5.25. The van der Waals surface area contributed by atoms with Gasteiger partial charge >= 0.3 is 11.9 Å². The molecule has 2 fully saturated rings. The van der Waals surface area contributed by atoms with Gasteiger partial charge in [-0.05, 0) is 25.2 Å². The highest BCUT2D eigenvalue weighted by Crippen LogP contribution is 2.69. The molecule has 3 aliphatic rings. The molecule has 3 nitrogen and oxygen atoms in total. The number of esters is 2. The van der Waals surface area contributed by atoms with E-state index in [4.69, 9.17) is 4.74 Å². The number of carbonyl (C=O) groups excluding carboxylic acids is 2. The molecule has 2 aliphatic carbocycles. The van der Waals surface area contributed by atoms with E-state index in [0.717, 1.165) is 12.8 Å². The van der Waals surface area contributed by atoms with Gasteiger partial charge in [0, 0.05) is 5.41 Å². The molecule has 0 spiro atoms. The normalized spacial score (nSPS) is 48.6. The maximum absolute atomic E-state index is 12.1. The topological polar surface area (TPSA) is 43.4 Å². The number of carbonyl (C=O) groups is 2. The van der Waals surface area contributed by atoms with Crippen LogP contribution in [0.3, 0.4) is 0 Å². The Morgan fingerprint density at radius 3 is 2.75 bits per heavy atom. The highest BCUT2D eigenvalue weighted by atomic mass is 16.6. The largest absolute Gasteiger partial charge is 0.392 e. The van der Waals surface area contributed by atoms with Crippen molar-refractivity contribution in [2.24, 2.45) is 22.7 Å². The van der Waals surface area contributed by atoms with Crippen LogP contribution in [0.2, 0.25) is 0 Å². The smallest absolute Gasteiger partial charge is 0.321 e. The first-order valence-electron chi connectivity index (χ1n) is 6.07. The molecular formula is C13H16O3. The molecule has 0 aromatic carbocycles. The molecule has 3 rings (SSSR count). The lowest BCUT2D eigenvalue weighted by molar-refractivity contribution is -0.158. The van der Waals surface area contributed by atoms with E-state index in [1.165, 1.54) is 0 Å². The lowest BCUT2D eigenvalue weighted by atomic mass is 9.59. The summed E-state index contributed by atoms with van der Waals surface area (Å²) in [5.41, 5.74) is -0.682. The molecule has 1 saturated carbocycles. The third-order valence-corrected chi connectivity index (χ3v) is 5.11. The highest BCUT2D eigenvalue weighted by molar-refractivity contribution is 6.01. The molecule has 0 aromatic heterocycles. The summed E-state index contributed by atoms with van der Waals surface area (Å²) in [7, 11) is 0. The summed E-state index contributed by atoms with van der Waals surface area (Å²) in [4.78, 5) is 23.9. The standard InChI is InChI=1S/C13H16O3/c1-3-12-6-5-8(7-12)9-10(14)16-11(15)13(9,12)4-2/h5-6,8-9H,3-4,7H2,1-2H3. The summed E-state index contributed by atoms with van der Waals surface area (Å²) in [6, 6.07) is 0. The number of hydrogen-bond donors (Lipinski definition) is 0. The van der Waals surface area contributed by atoms with Gasteiger partial charge in [-0.2, -0.15) is 0 Å². The molecule has 2 bridgehead atoms. The summed E-state index contributed by atoms with van der Waals surface area (Å²) in [5, 5.41) is 0. The minimum atomic E-state index is -0.557. The summed E-state index contributed by atoms with van der Waals surface area (Å²) < 4.78 is 4.91. The van der Waals surface area contributed by atoms with Crippen LogP contribution in [-0.2, 0) is 14.3 Å². The van der Waals surface area contributed by atoms with Gasteiger partial charge in [-0.15, -0.1) is 0 Å². The van der Waals surface area contributed by atoms with Gasteiger partial charge in [0.05, 0.1) is 11.3 Å². The van der Waals surface area contributed by atoms with Crippen molar-refractivity contribution in [3.05, 3.63) is 12.2 Å². The van der Waals surface area contributed by atoms with E-state index in [1.54, 1.807) is 0 Å². The Hall–Kier alpha value is -1.12. The quantitative estimate of drug-likeness (QED) is 0.406. The van der Waals surface area contributed by atoms with Crippen molar-refractivity contribution < 1.29 is 14.3 Å². The van der Waals surface area contributed by atoms with Crippen LogP contribution < -0.4 is 0 Å². The van der Waals surface area contributed by atoms with Crippen LogP contribution in [0.1, 0.15) is 33.1 Å². The highest BCUT2D eigenvalue weighted by Gasteiger charge is 2.73. The molecule has 0 N–H and O–H groups in total. The number of ether oxygens (including phenoxy) is 1. The molecule has 16 heavy (non-hydrogen) atoms. The summed E-state index contributed by atoms with van der Waals surface area (Å²) in [6.07, 6.45) is 6.84. The van der Waals surface area contributed by atoms with Crippen LogP contribution in [0.5, 0.6) is 0 Å². The van der Waals surface area contributed by atoms with Crippen LogP contribution >= 0.6 is 0 Å². The Morgan fingerprint density at radius 2 is 2.12 bits per heavy atom. The number of rotatable bonds is 2. The lowest BCUT2D eigenvalue weighted by Gasteiger charge is -2.40. The molecule has 1 saturated heterocycles. The zero-order valence-corrected chi connectivity index (χ0v) is 9.66. The molecule has 0 amide bonds. The minimum absolute atomic E-state index is 0.125. The van der Waals surface area contributed by atoms with Gasteiger partial charge in [0.25, 0.3) is 0 Å². The third-order valence-electron chi connectivity index (χ3n) is 5.11. The molecule has 1 heterocycles. The predicted octanol–water partition coefficient (Wildman–Crippen LogP) is 2.07. The molecule has 1 aliphatic heterocycles. The molecule has 3 heteroatoms. The molecule has 0 aromatic rings. The van der Waals surface area contributed by atoms with Gasteiger partial charge in [-0.3, -0.25) is 9.59 Å². The van der Waals surface area contributed by atoms with Crippen molar-refractivity contribution in [2.75, 3.05) is 0 Å². The first kappa shape index (κ1) is 10.1. The maximum Gasteiger partial charge on any atom is 0.321 e. The fraction of sp³-hybridized carbons (Fsp3) is 0.692. The number of allylic oxidation sites excluding steroid dienone is 2. The second kappa shape index (κ2) is 2.76. The predicted molar refractivity (Wildman–Crippen MR) is 57.3 cm³/mol. The fourth-order valence-electron chi connectivity index (χ4n) is 4.35. The molecule has 4 atom stereocenters. The first-order chi connectivity index (χ1) is 7.61. The van der Waals surface area contributed by atoms with Crippen LogP contribution in [0, 0.1) is 22.7 Å². The van der Waals surface area contributed by atoms with Crippen LogP contribution in [0.25, 0.3) is 0 Å². The summed E-state index contributed by atoms with van der Waals surface area (Å²) >= 11 is 0. The number of fused-ring (bicyclic) bond motifs is 5. The number of cyclic esters (lactones) is 2.